The molecule has 0 saturated heterocycles. The van der Waals surface area contributed by atoms with Crippen molar-refractivity contribution in [1.29, 1.82) is 0 Å². The summed E-state index contributed by atoms with van der Waals surface area (Å²) < 4.78 is 0. The van der Waals surface area contributed by atoms with Crippen molar-refractivity contribution in [2.45, 2.75) is 55.2 Å². The highest BCUT2D eigenvalue weighted by molar-refractivity contribution is 6.37. The van der Waals surface area contributed by atoms with E-state index in [0.717, 1.165) is 12.8 Å². The Labute approximate surface area is 107 Å². The molecule has 0 fully saturated rings. The molecule has 0 aliphatic heterocycles. The first-order valence-electron chi connectivity index (χ1n) is 5.11. The number of unbranched alkanes of at least 4 members (excludes halogenated alkanes) is 3. The molecule has 0 N–H and O–H groups in total. The molecule has 0 saturated carbocycles. The van der Waals surface area contributed by atoms with E-state index in [-0.39, 0.29) is 16.1 Å². The van der Waals surface area contributed by atoms with Gasteiger partial charge in [0.15, 0.2) is 0 Å². The van der Waals surface area contributed by atoms with Crippen LogP contribution >= 0.6 is 46.4 Å². The second kappa shape index (κ2) is 9.39. The van der Waals surface area contributed by atoms with Gasteiger partial charge in [-0.1, -0.05) is 32.6 Å². The van der Waals surface area contributed by atoms with Crippen LogP contribution in [0.3, 0.4) is 0 Å². The number of hydrogen-bond donors (Lipinski definition) is 0. The van der Waals surface area contributed by atoms with Gasteiger partial charge in [-0.15, -0.1) is 46.4 Å². The van der Waals surface area contributed by atoms with Gasteiger partial charge in [-0.2, -0.15) is 0 Å². The van der Waals surface area contributed by atoms with Crippen LogP contribution in [0.5, 0.6) is 0 Å². The van der Waals surface area contributed by atoms with E-state index >= 15 is 0 Å². The Balaban J connectivity index is 3.56. The smallest absolute Gasteiger partial charge is 0.0674 e. The van der Waals surface area contributed by atoms with Crippen molar-refractivity contribution in [3.05, 3.63) is 0 Å². The zero-order valence-electron chi connectivity index (χ0n) is 8.49. The van der Waals surface area contributed by atoms with Crippen molar-refractivity contribution in [3.63, 3.8) is 0 Å². The van der Waals surface area contributed by atoms with Crippen LogP contribution in [-0.2, 0) is 0 Å². The highest BCUT2D eigenvalue weighted by Gasteiger charge is 2.23. The van der Waals surface area contributed by atoms with E-state index in [0.29, 0.717) is 5.88 Å². The molecule has 86 valence electrons. The Bertz CT molecular complexity index is 129. The highest BCUT2D eigenvalue weighted by atomic mass is 35.5. The third-order valence-corrected chi connectivity index (χ3v) is 4.44. The lowest BCUT2D eigenvalue weighted by molar-refractivity contribution is 0.596. The average molecular weight is 280 g/mol. The highest BCUT2D eigenvalue weighted by Crippen LogP contribution is 2.23. The van der Waals surface area contributed by atoms with E-state index in [1.807, 2.05) is 0 Å². The molecule has 0 aromatic heterocycles. The minimum Gasteiger partial charge on any atom is -0.125 e. The summed E-state index contributed by atoms with van der Waals surface area (Å²) >= 11 is 23.7. The maximum Gasteiger partial charge on any atom is 0.0674 e. The largest absolute Gasteiger partial charge is 0.125 e. The summed E-state index contributed by atoms with van der Waals surface area (Å²) in [5.74, 6) is 0.355. The zero-order valence-corrected chi connectivity index (χ0v) is 11.5. The summed E-state index contributed by atoms with van der Waals surface area (Å²) in [6.07, 6.45) is 5.76. The van der Waals surface area contributed by atoms with Gasteiger partial charge in [0.2, 0.25) is 0 Å². The van der Waals surface area contributed by atoms with Crippen molar-refractivity contribution in [1.82, 2.24) is 0 Å². The van der Waals surface area contributed by atoms with Crippen LogP contribution in [0, 0.1) is 0 Å². The summed E-state index contributed by atoms with van der Waals surface area (Å²) in [5, 5.41) is -0.515. The molecule has 0 aliphatic carbocycles. The zero-order chi connectivity index (χ0) is 11.0. The van der Waals surface area contributed by atoms with Crippen molar-refractivity contribution < 1.29 is 0 Å². The first kappa shape index (κ1) is 15.2. The first-order chi connectivity index (χ1) is 6.63. The molecule has 3 unspecified atom stereocenters. The van der Waals surface area contributed by atoms with Crippen LogP contribution in [-0.4, -0.2) is 22.0 Å². The van der Waals surface area contributed by atoms with Crippen molar-refractivity contribution in [2.75, 3.05) is 5.88 Å². The van der Waals surface area contributed by atoms with Crippen LogP contribution in [0.1, 0.15) is 39.0 Å². The summed E-state index contributed by atoms with van der Waals surface area (Å²) in [7, 11) is 0. The minimum absolute atomic E-state index is 0.0604. The predicted molar refractivity (Wildman–Crippen MR) is 68.4 cm³/mol. The van der Waals surface area contributed by atoms with E-state index in [1.54, 1.807) is 0 Å². The average Bonchev–Trinajstić information content (AvgIpc) is 2.21. The molecule has 0 radical (unpaired) electrons. The topological polar surface area (TPSA) is 0 Å². The van der Waals surface area contributed by atoms with E-state index in [9.17, 15) is 0 Å². The van der Waals surface area contributed by atoms with Gasteiger partial charge in [0, 0.05) is 5.88 Å². The quantitative estimate of drug-likeness (QED) is 0.432. The fraction of sp³-hybridized carbons (Fsp3) is 1.00. The van der Waals surface area contributed by atoms with Gasteiger partial charge in [0.1, 0.15) is 0 Å². The Morgan fingerprint density at radius 3 is 2.07 bits per heavy atom. The maximum absolute atomic E-state index is 6.11. The van der Waals surface area contributed by atoms with Crippen molar-refractivity contribution in [3.8, 4) is 0 Å². The summed E-state index contributed by atoms with van der Waals surface area (Å²) in [4.78, 5) is 0. The van der Waals surface area contributed by atoms with Crippen LogP contribution in [0.25, 0.3) is 0 Å². The summed E-state index contributed by atoms with van der Waals surface area (Å²) in [6, 6.07) is 0. The van der Waals surface area contributed by atoms with Crippen LogP contribution in [0.15, 0.2) is 0 Å². The first-order valence-corrected chi connectivity index (χ1v) is 6.96. The lowest BCUT2D eigenvalue weighted by Gasteiger charge is -2.19. The molecule has 0 rings (SSSR count). The van der Waals surface area contributed by atoms with Gasteiger partial charge in [-0.25, -0.2) is 0 Å². The third-order valence-electron chi connectivity index (χ3n) is 2.17. The van der Waals surface area contributed by atoms with Crippen LogP contribution in [0.2, 0.25) is 0 Å². The lowest BCUT2D eigenvalue weighted by Crippen LogP contribution is -2.26. The molecule has 0 aromatic carbocycles. The van der Waals surface area contributed by atoms with Crippen LogP contribution < -0.4 is 0 Å². The van der Waals surface area contributed by atoms with Crippen molar-refractivity contribution >= 4 is 46.4 Å². The van der Waals surface area contributed by atoms with Crippen molar-refractivity contribution in [2.24, 2.45) is 0 Å². The lowest BCUT2D eigenvalue weighted by atomic mass is 10.1. The van der Waals surface area contributed by atoms with Gasteiger partial charge in [-0.3, -0.25) is 0 Å². The van der Waals surface area contributed by atoms with E-state index < -0.39 is 0 Å². The fourth-order valence-corrected chi connectivity index (χ4v) is 2.32. The van der Waals surface area contributed by atoms with Gasteiger partial charge < -0.3 is 0 Å². The maximum atomic E-state index is 6.11. The number of alkyl halides is 4. The summed E-state index contributed by atoms with van der Waals surface area (Å²) in [5.41, 5.74) is 0. The minimum atomic E-state index is -0.230. The second-order valence-electron chi connectivity index (χ2n) is 3.48. The predicted octanol–water partition coefficient (Wildman–Crippen LogP) is 5.02. The Morgan fingerprint density at radius 1 is 0.929 bits per heavy atom. The monoisotopic (exact) mass is 278 g/mol. The Hall–Kier alpha value is 1.16. The molecular formula is C10H18Cl4. The molecule has 0 bridgehead atoms. The molecule has 0 aromatic rings. The third kappa shape index (κ3) is 6.61. The second-order valence-corrected chi connectivity index (χ2v) is 5.41. The molecule has 0 amide bonds. The van der Waals surface area contributed by atoms with E-state index in [2.05, 4.69) is 6.92 Å². The molecule has 3 atom stereocenters. The normalized spacial score (nSPS) is 17.8. The van der Waals surface area contributed by atoms with E-state index in [1.165, 1.54) is 19.3 Å². The molecule has 0 nitrogen and oxygen atoms in total. The summed E-state index contributed by atoms with van der Waals surface area (Å²) in [6.45, 7) is 2.19. The van der Waals surface area contributed by atoms with Crippen LogP contribution in [0.4, 0.5) is 0 Å². The molecule has 14 heavy (non-hydrogen) atoms. The molecule has 0 spiro atoms. The standard InChI is InChI=1S/C10H18Cl4/c1-2-3-4-5-6-8(12)10(14)9(13)7-11/h8-10H,2-7H2,1H3. The molecular weight excluding hydrogens is 262 g/mol. The molecule has 0 heterocycles. The molecule has 0 aliphatic rings. The van der Waals surface area contributed by atoms with Gasteiger partial charge in [0.05, 0.1) is 16.1 Å². The van der Waals surface area contributed by atoms with E-state index in [4.69, 9.17) is 46.4 Å². The van der Waals surface area contributed by atoms with Gasteiger partial charge in [-0.05, 0) is 6.42 Å². The SMILES string of the molecule is CCCCCCC(Cl)C(Cl)C(Cl)CCl. The van der Waals surface area contributed by atoms with Gasteiger partial charge >= 0.3 is 0 Å². The number of hydrogen-bond acceptors (Lipinski definition) is 0. The fourth-order valence-electron chi connectivity index (χ4n) is 1.24. The number of rotatable bonds is 8. The Morgan fingerprint density at radius 2 is 1.57 bits per heavy atom. The number of halogens is 4. The molecule has 4 heteroatoms. The Kier molecular flexibility index (Phi) is 10.2. The van der Waals surface area contributed by atoms with Gasteiger partial charge in [0.25, 0.3) is 0 Å².